The first-order chi connectivity index (χ1) is 9.52. The van der Waals surface area contributed by atoms with Crippen molar-refractivity contribution in [2.75, 3.05) is 24.8 Å². The van der Waals surface area contributed by atoms with Gasteiger partial charge in [0.15, 0.2) is 11.6 Å². The summed E-state index contributed by atoms with van der Waals surface area (Å²) in [6.45, 7) is 0.321. The molecule has 0 aromatic heterocycles. The molecule has 0 spiro atoms. The molecule has 106 valence electrons. The molecule has 0 aliphatic carbocycles. The summed E-state index contributed by atoms with van der Waals surface area (Å²) >= 11 is 0. The predicted octanol–water partition coefficient (Wildman–Crippen LogP) is 3.19. The Balaban J connectivity index is 2.31. The highest BCUT2D eigenvalue weighted by Crippen LogP contribution is 2.28. The Hall–Kier alpha value is -2.30. The van der Waals surface area contributed by atoms with E-state index in [2.05, 4.69) is 0 Å². The summed E-state index contributed by atoms with van der Waals surface area (Å²) in [5.41, 5.74) is 6.21. The largest absolute Gasteiger partial charge is 0.496 e. The molecule has 20 heavy (non-hydrogen) atoms. The van der Waals surface area contributed by atoms with Crippen LogP contribution in [0.2, 0.25) is 0 Å². The van der Waals surface area contributed by atoms with Crippen LogP contribution in [0.25, 0.3) is 0 Å². The summed E-state index contributed by atoms with van der Waals surface area (Å²) in [6, 6.07) is 9.56. The highest BCUT2D eigenvalue weighted by molar-refractivity contribution is 5.56. The molecular formula is C15H16F2N2O. The van der Waals surface area contributed by atoms with Crippen molar-refractivity contribution in [2.45, 2.75) is 6.54 Å². The van der Waals surface area contributed by atoms with E-state index in [1.165, 1.54) is 4.90 Å². The van der Waals surface area contributed by atoms with Gasteiger partial charge in [0, 0.05) is 24.8 Å². The molecule has 0 unspecified atom stereocenters. The Labute approximate surface area is 116 Å². The first-order valence-corrected chi connectivity index (χ1v) is 6.10. The van der Waals surface area contributed by atoms with Gasteiger partial charge >= 0.3 is 0 Å². The van der Waals surface area contributed by atoms with Crippen molar-refractivity contribution in [3.05, 3.63) is 53.6 Å². The molecule has 0 aliphatic heterocycles. The lowest BCUT2D eigenvalue weighted by Gasteiger charge is -2.22. The van der Waals surface area contributed by atoms with E-state index in [1.807, 2.05) is 18.2 Å². The van der Waals surface area contributed by atoms with Crippen LogP contribution in [0.4, 0.5) is 20.2 Å². The molecule has 3 nitrogen and oxygen atoms in total. The van der Waals surface area contributed by atoms with Crippen molar-refractivity contribution < 1.29 is 13.5 Å². The maximum Gasteiger partial charge on any atom is 0.151 e. The van der Waals surface area contributed by atoms with Crippen LogP contribution >= 0.6 is 0 Å². The van der Waals surface area contributed by atoms with Gasteiger partial charge < -0.3 is 15.4 Å². The topological polar surface area (TPSA) is 38.5 Å². The summed E-state index contributed by atoms with van der Waals surface area (Å²) < 4.78 is 32.9. The lowest BCUT2D eigenvalue weighted by molar-refractivity contribution is 0.409. The molecule has 2 aromatic carbocycles. The van der Waals surface area contributed by atoms with Gasteiger partial charge in [0.25, 0.3) is 0 Å². The van der Waals surface area contributed by atoms with Crippen molar-refractivity contribution in [2.24, 2.45) is 0 Å². The minimum Gasteiger partial charge on any atom is -0.496 e. The summed E-state index contributed by atoms with van der Waals surface area (Å²) in [5.74, 6) is -0.685. The van der Waals surface area contributed by atoms with Crippen molar-refractivity contribution in [3.63, 3.8) is 0 Å². The van der Waals surface area contributed by atoms with E-state index < -0.39 is 11.6 Å². The van der Waals surface area contributed by atoms with Gasteiger partial charge in [-0.25, -0.2) is 8.78 Å². The van der Waals surface area contributed by atoms with Crippen LogP contribution in [0.1, 0.15) is 5.56 Å². The number of halogens is 2. The zero-order chi connectivity index (χ0) is 14.7. The maximum atomic E-state index is 13.9. The lowest BCUT2D eigenvalue weighted by Crippen LogP contribution is -2.19. The van der Waals surface area contributed by atoms with Gasteiger partial charge in [0.2, 0.25) is 0 Å². The SMILES string of the molecule is COc1ccccc1CN(C)c1c(F)cc(N)cc1F. The second-order valence-corrected chi connectivity index (χ2v) is 4.50. The third-order valence-electron chi connectivity index (χ3n) is 3.02. The number of benzene rings is 2. The Morgan fingerprint density at radius 2 is 1.75 bits per heavy atom. The quantitative estimate of drug-likeness (QED) is 0.873. The first kappa shape index (κ1) is 14.1. The van der Waals surface area contributed by atoms with E-state index in [4.69, 9.17) is 10.5 Å². The van der Waals surface area contributed by atoms with Crippen LogP contribution in [0, 0.1) is 11.6 Å². The van der Waals surface area contributed by atoms with Gasteiger partial charge in [-0.2, -0.15) is 0 Å². The third kappa shape index (κ3) is 2.82. The molecule has 2 N–H and O–H groups in total. The number of ether oxygens (including phenoxy) is 1. The molecule has 0 bridgehead atoms. The Bertz CT molecular complexity index is 594. The maximum absolute atomic E-state index is 13.9. The van der Waals surface area contributed by atoms with Crippen LogP contribution in [-0.2, 0) is 6.54 Å². The zero-order valence-electron chi connectivity index (χ0n) is 11.4. The van der Waals surface area contributed by atoms with Crippen LogP contribution in [0.5, 0.6) is 5.75 Å². The number of methoxy groups -OCH3 is 1. The second kappa shape index (κ2) is 5.77. The minimum atomic E-state index is -0.681. The van der Waals surface area contributed by atoms with E-state index in [9.17, 15) is 8.78 Å². The van der Waals surface area contributed by atoms with E-state index >= 15 is 0 Å². The van der Waals surface area contributed by atoms with Crippen LogP contribution in [0.3, 0.4) is 0 Å². The smallest absolute Gasteiger partial charge is 0.151 e. The molecule has 2 aromatic rings. The van der Waals surface area contributed by atoms with Crippen molar-refractivity contribution in [3.8, 4) is 5.75 Å². The highest BCUT2D eigenvalue weighted by atomic mass is 19.1. The monoisotopic (exact) mass is 278 g/mol. The number of rotatable bonds is 4. The summed E-state index contributed by atoms with van der Waals surface area (Å²) in [4.78, 5) is 1.49. The molecule has 2 rings (SSSR count). The van der Waals surface area contributed by atoms with E-state index in [0.717, 1.165) is 17.7 Å². The van der Waals surface area contributed by atoms with Crippen LogP contribution < -0.4 is 15.4 Å². The predicted molar refractivity (Wildman–Crippen MR) is 75.9 cm³/mol. The molecule has 0 saturated heterocycles. The molecule has 0 heterocycles. The average molecular weight is 278 g/mol. The van der Waals surface area contributed by atoms with Crippen molar-refractivity contribution in [1.82, 2.24) is 0 Å². The summed E-state index contributed by atoms with van der Waals surface area (Å²) in [7, 11) is 3.17. The normalized spacial score (nSPS) is 10.4. The third-order valence-corrected chi connectivity index (χ3v) is 3.02. The molecule has 0 aliphatic rings. The summed E-state index contributed by atoms with van der Waals surface area (Å²) in [5, 5.41) is 0. The molecule has 0 radical (unpaired) electrons. The minimum absolute atomic E-state index is 0.0643. The van der Waals surface area contributed by atoms with Gasteiger partial charge in [0.1, 0.15) is 11.4 Å². The van der Waals surface area contributed by atoms with E-state index in [1.54, 1.807) is 20.2 Å². The number of para-hydroxylation sites is 1. The second-order valence-electron chi connectivity index (χ2n) is 4.50. The Morgan fingerprint density at radius 3 is 2.35 bits per heavy atom. The molecule has 0 saturated carbocycles. The van der Waals surface area contributed by atoms with Crippen LogP contribution in [-0.4, -0.2) is 14.2 Å². The zero-order valence-corrected chi connectivity index (χ0v) is 11.4. The molecular weight excluding hydrogens is 262 g/mol. The molecule has 5 heteroatoms. The fraction of sp³-hybridized carbons (Fsp3) is 0.200. The van der Waals surface area contributed by atoms with Crippen molar-refractivity contribution in [1.29, 1.82) is 0 Å². The standard InChI is InChI=1S/C15H16F2N2O/c1-19(9-10-5-3-4-6-14(10)20-2)15-12(16)7-11(18)8-13(15)17/h3-8H,9,18H2,1-2H3. The molecule has 0 fully saturated rings. The lowest BCUT2D eigenvalue weighted by atomic mass is 10.1. The number of nitrogen functional groups attached to an aromatic ring is 1. The number of nitrogens with two attached hydrogens (primary N) is 1. The fourth-order valence-electron chi connectivity index (χ4n) is 2.12. The van der Waals surface area contributed by atoms with E-state index in [0.29, 0.717) is 12.3 Å². The number of nitrogens with zero attached hydrogens (tertiary/aromatic N) is 1. The van der Waals surface area contributed by atoms with Crippen LogP contribution in [0.15, 0.2) is 36.4 Å². The number of hydrogen-bond acceptors (Lipinski definition) is 3. The Kier molecular flexibility index (Phi) is 4.08. The average Bonchev–Trinajstić information content (AvgIpc) is 2.38. The van der Waals surface area contributed by atoms with Gasteiger partial charge in [0.05, 0.1) is 7.11 Å². The fourth-order valence-corrected chi connectivity index (χ4v) is 2.12. The number of anilines is 2. The van der Waals surface area contributed by atoms with Gasteiger partial charge in [-0.1, -0.05) is 18.2 Å². The summed E-state index contributed by atoms with van der Waals surface area (Å²) in [6.07, 6.45) is 0. The van der Waals surface area contributed by atoms with Gasteiger partial charge in [-0.05, 0) is 18.2 Å². The van der Waals surface area contributed by atoms with E-state index in [-0.39, 0.29) is 11.4 Å². The Morgan fingerprint density at radius 1 is 1.15 bits per heavy atom. The molecule has 0 amide bonds. The number of hydrogen-bond donors (Lipinski definition) is 1. The van der Waals surface area contributed by atoms with Gasteiger partial charge in [-0.15, -0.1) is 0 Å². The van der Waals surface area contributed by atoms with Gasteiger partial charge in [-0.3, -0.25) is 0 Å². The first-order valence-electron chi connectivity index (χ1n) is 6.10. The highest BCUT2D eigenvalue weighted by Gasteiger charge is 2.16. The molecule has 0 atom stereocenters. The van der Waals surface area contributed by atoms with Crippen molar-refractivity contribution >= 4 is 11.4 Å².